The van der Waals surface area contributed by atoms with Crippen LogP contribution in [0.4, 0.5) is 10.5 Å². The zero-order valence-electron chi connectivity index (χ0n) is 17.2. The summed E-state index contributed by atoms with van der Waals surface area (Å²) in [4.78, 5) is 27.1. The number of allylic oxidation sites excluding steroid dienone is 1. The summed E-state index contributed by atoms with van der Waals surface area (Å²) in [5.41, 5.74) is 3.44. The molecule has 1 aliphatic rings. The van der Waals surface area contributed by atoms with Crippen LogP contribution >= 0.6 is 0 Å². The fourth-order valence-corrected chi connectivity index (χ4v) is 3.31. The second-order valence-electron chi connectivity index (χ2n) is 6.82. The monoisotopic (exact) mass is 395 g/mol. The number of nitrogens with zero attached hydrogens (tertiary/aromatic N) is 1. The predicted molar refractivity (Wildman–Crippen MR) is 111 cm³/mol. The number of para-hydroxylation sites is 1. The Morgan fingerprint density at radius 1 is 1.07 bits per heavy atom. The molecule has 7 nitrogen and oxygen atoms in total. The molecule has 2 aromatic rings. The smallest absolute Gasteiger partial charge is 0.322 e. The number of hydrogen-bond donors (Lipinski definition) is 2. The molecule has 2 N–H and O–H groups in total. The molecule has 0 spiro atoms. The van der Waals surface area contributed by atoms with Crippen molar-refractivity contribution in [2.75, 3.05) is 26.6 Å². The van der Waals surface area contributed by atoms with E-state index in [1.807, 2.05) is 37.3 Å². The van der Waals surface area contributed by atoms with Gasteiger partial charge in [-0.05, 0) is 43.2 Å². The van der Waals surface area contributed by atoms with E-state index < -0.39 is 6.04 Å². The van der Waals surface area contributed by atoms with E-state index in [0.29, 0.717) is 22.8 Å². The molecule has 0 radical (unpaired) electrons. The zero-order chi connectivity index (χ0) is 21.1. The lowest BCUT2D eigenvalue weighted by Gasteiger charge is -2.34. The molecule has 1 heterocycles. The highest BCUT2D eigenvalue weighted by atomic mass is 16.5. The maximum Gasteiger partial charge on any atom is 0.322 e. The summed E-state index contributed by atoms with van der Waals surface area (Å²) in [6.45, 7) is 3.69. The van der Waals surface area contributed by atoms with Crippen LogP contribution < -0.4 is 20.1 Å². The maximum absolute atomic E-state index is 13.2. The molecule has 1 aliphatic heterocycles. The summed E-state index contributed by atoms with van der Waals surface area (Å²) in [5, 5.41) is 5.87. The van der Waals surface area contributed by atoms with Crippen LogP contribution in [0.15, 0.2) is 53.7 Å². The molecule has 3 rings (SSSR count). The summed E-state index contributed by atoms with van der Waals surface area (Å²) in [6.07, 6.45) is 0. The zero-order valence-corrected chi connectivity index (χ0v) is 17.2. The minimum absolute atomic E-state index is 0.275. The molecule has 3 amide bonds. The van der Waals surface area contributed by atoms with Crippen LogP contribution in [0.25, 0.3) is 0 Å². The fourth-order valence-electron chi connectivity index (χ4n) is 3.31. The number of urea groups is 1. The number of amides is 3. The van der Waals surface area contributed by atoms with Gasteiger partial charge in [-0.15, -0.1) is 0 Å². The van der Waals surface area contributed by atoms with Crippen LogP contribution in [0.5, 0.6) is 11.5 Å². The number of benzene rings is 2. The summed E-state index contributed by atoms with van der Waals surface area (Å²) in [5.74, 6) is 0.819. The molecule has 7 heteroatoms. The van der Waals surface area contributed by atoms with Crippen LogP contribution in [0.3, 0.4) is 0 Å². The lowest BCUT2D eigenvalue weighted by molar-refractivity contribution is -0.113. The quantitative estimate of drug-likeness (QED) is 0.810. The van der Waals surface area contributed by atoms with Crippen molar-refractivity contribution in [3.8, 4) is 11.5 Å². The molecule has 0 saturated carbocycles. The van der Waals surface area contributed by atoms with Gasteiger partial charge in [-0.2, -0.15) is 0 Å². The van der Waals surface area contributed by atoms with Crippen LogP contribution in [0, 0.1) is 6.92 Å². The number of carbonyl (C=O) groups is 2. The van der Waals surface area contributed by atoms with Crippen LogP contribution in [-0.4, -0.2) is 38.1 Å². The van der Waals surface area contributed by atoms with Gasteiger partial charge in [-0.25, -0.2) is 4.79 Å². The van der Waals surface area contributed by atoms with Crippen LogP contribution in [0.2, 0.25) is 0 Å². The summed E-state index contributed by atoms with van der Waals surface area (Å²) in [7, 11) is 4.73. The molecule has 0 bridgehead atoms. The van der Waals surface area contributed by atoms with E-state index in [-0.39, 0.29) is 11.9 Å². The summed E-state index contributed by atoms with van der Waals surface area (Å²) < 4.78 is 10.7. The Morgan fingerprint density at radius 3 is 2.41 bits per heavy atom. The first kappa shape index (κ1) is 20.3. The van der Waals surface area contributed by atoms with Gasteiger partial charge < -0.3 is 25.0 Å². The minimum Gasteiger partial charge on any atom is -0.493 e. The van der Waals surface area contributed by atoms with Gasteiger partial charge >= 0.3 is 6.03 Å². The average Bonchev–Trinajstić information content (AvgIpc) is 2.72. The van der Waals surface area contributed by atoms with Crippen molar-refractivity contribution in [1.29, 1.82) is 0 Å². The molecule has 2 aromatic carbocycles. The maximum atomic E-state index is 13.2. The van der Waals surface area contributed by atoms with Crippen molar-refractivity contribution in [3.63, 3.8) is 0 Å². The molecule has 0 aromatic heterocycles. The van der Waals surface area contributed by atoms with E-state index in [2.05, 4.69) is 10.6 Å². The molecule has 29 heavy (non-hydrogen) atoms. The molecular weight excluding hydrogens is 370 g/mol. The first-order valence-corrected chi connectivity index (χ1v) is 9.21. The largest absolute Gasteiger partial charge is 0.493 e. The molecule has 0 fully saturated rings. The highest BCUT2D eigenvalue weighted by molar-refractivity contribution is 6.07. The lowest BCUT2D eigenvalue weighted by atomic mass is 9.94. The Kier molecular flexibility index (Phi) is 5.77. The number of nitrogens with one attached hydrogen (secondary N) is 2. The number of anilines is 1. The lowest BCUT2D eigenvalue weighted by Crippen LogP contribution is -2.46. The Hall–Kier alpha value is -3.48. The predicted octanol–water partition coefficient (Wildman–Crippen LogP) is 3.62. The standard InChI is InChI=1S/C22H25N3O4/c1-13-8-6-7-9-16(13)23-21(26)19-14(2)25(3)22(27)24-20(19)15-10-11-17(28-4)18(12-15)29-5/h6-12,20H,1-5H3,(H,23,26)(H,24,27). The van der Waals surface area contributed by atoms with Gasteiger partial charge in [-0.1, -0.05) is 24.3 Å². The summed E-state index contributed by atoms with van der Waals surface area (Å²) in [6, 6.07) is 12.0. The van der Waals surface area contributed by atoms with E-state index in [4.69, 9.17) is 9.47 Å². The Balaban J connectivity index is 2.04. The first-order valence-electron chi connectivity index (χ1n) is 9.21. The molecule has 1 unspecified atom stereocenters. The Bertz CT molecular complexity index is 984. The van der Waals surface area contributed by atoms with Crippen molar-refractivity contribution in [2.24, 2.45) is 0 Å². The number of methoxy groups -OCH3 is 2. The van der Waals surface area contributed by atoms with Crippen LogP contribution in [-0.2, 0) is 4.79 Å². The van der Waals surface area contributed by atoms with Crippen molar-refractivity contribution >= 4 is 17.6 Å². The van der Waals surface area contributed by atoms with Gasteiger partial charge in [0.2, 0.25) is 0 Å². The van der Waals surface area contributed by atoms with Gasteiger partial charge in [0.05, 0.1) is 25.8 Å². The number of ether oxygens (including phenoxy) is 2. The molecule has 0 aliphatic carbocycles. The highest BCUT2D eigenvalue weighted by Gasteiger charge is 2.34. The van der Waals surface area contributed by atoms with Gasteiger partial charge in [0.15, 0.2) is 11.5 Å². The van der Waals surface area contributed by atoms with E-state index >= 15 is 0 Å². The second kappa shape index (κ2) is 8.26. The molecule has 0 saturated heterocycles. The number of aryl methyl sites for hydroxylation is 1. The van der Waals surface area contributed by atoms with E-state index in [9.17, 15) is 9.59 Å². The van der Waals surface area contributed by atoms with Gasteiger partial charge in [0.1, 0.15) is 0 Å². The van der Waals surface area contributed by atoms with Crippen molar-refractivity contribution in [3.05, 3.63) is 64.9 Å². The van der Waals surface area contributed by atoms with Crippen LogP contribution in [0.1, 0.15) is 24.1 Å². The third-order valence-electron chi connectivity index (χ3n) is 5.13. The SMILES string of the molecule is COc1ccc(C2NC(=O)N(C)C(C)=C2C(=O)Nc2ccccc2C)cc1OC. The highest BCUT2D eigenvalue weighted by Crippen LogP contribution is 2.35. The third-order valence-corrected chi connectivity index (χ3v) is 5.13. The van der Waals surface area contributed by atoms with Gasteiger partial charge in [0, 0.05) is 18.4 Å². The van der Waals surface area contributed by atoms with Gasteiger partial charge in [-0.3, -0.25) is 4.79 Å². The van der Waals surface area contributed by atoms with E-state index in [1.165, 1.54) is 4.90 Å². The number of carbonyl (C=O) groups excluding carboxylic acids is 2. The molecule has 1 atom stereocenters. The van der Waals surface area contributed by atoms with Crippen molar-refractivity contribution < 1.29 is 19.1 Å². The van der Waals surface area contributed by atoms with E-state index in [0.717, 1.165) is 16.8 Å². The normalized spacial score (nSPS) is 16.4. The minimum atomic E-state index is -0.623. The summed E-state index contributed by atoms with van der Waals surface area (Å²) >= 11 is 0. The molecular formula is C22H25N3O4. The Labute approximate surface area is 170 Å². The van der Waals surface area contributed by atoms with Crippen molar-refractivity contribution in [2.45, 2.75) is 19.9 Å². The third kappa shape index (κ3) is 3.89. The van der Waals surface area contributed by atoms with Crippen molar-refractivity contribution in [1.82, 2.24) is 10.2 Å². The fraction of sp³-hybridized carbons (Fsp3) is 0.273. The van der Waals surface area contributed by atoms with E-state index in [1.54, 1.807) is 40.3 Å². The second-order valence-corrected chi connectivity index (χ2v) is 6.82. The number of hydrogen-bond acceptors (Lipinski definition) is 4. The topological polar surface area (TPSA) is 79.9 Å². The first-order chi connectivity index (χ1) is 13.9. The number of rotatable bonds is 5. The Morgan fingerprint density at radius 2 is 1.76 bits per heavy atom. The van der Waals surface area contributed by atoms with Gasteiger partial charge in [0.25, 0.3) is 5.91 Å². The molecule has 152 valence electrons. The average molecular weight is 395 g/mol.